The molecular weight excluding hydrogens is 284 g/mol. The van der Waals surface area contributed by atoms with Crippen molar-refractivity contribution in [2.45, 2.75) is 25.3 Å². The molecule has 0 fully saturated rings. The Morgan fingerprint density at radius 2 is 2.10 bits per heavy atom. The van der Waals surface area contributed by atoms with Crippen LogP contribution in [-0.4, -0.2) is 24.5 Å². The van der Waals surface area contributed by atoms with Gasteiger partial charge in [0.05, 0.1) is 0 Å². The monoisotopic (exact) mass is 298 g/mol. The molecule has 8 heteroatoms. The van der Waals surface area contributed by atoms with Gasteiger partial charge >= 0.3 is 5.97 Å². The summed E-state index contributed by atoms with van der Waals surface area (Å²) in [4.78, 5) is 13.7. The van der Waals surface area contributed by atoms with Crippen LogP contribution in [0.1, 0.15) is 27.4 Å². The van der Waals surface area contributed by atoms with Gasteiger partial charge in [0.1, 0.15) is 22.0 Å². The predicted molar refractivity (Wildman–Crippen MR) is 70.0 cm³/mol. The number of nitrogens with one attached hydrogen (secondary N) is 2. The lowest BCUT2D eigenvalue weighted by molar-refractivity contribution is 0.0691. The molecule has 0 saturated heterocycles. The summed E-state index contributed by atoms with van der Waals surface area (Å²) in [7, 11) is -3.96. The second kappa shape index (κ2) is 5.14. The Bertz CT molecular complexity index is 728. The zero-order valence-electron chi connectivity index (χ0n) is 10.9. The summed E-state index contributed by atoms with van der Waals surface area (Å²) in [6.45, 7) is 2.90. The third-order valence-corrected chi connectivity index (χ3v) is 4.37. The van der Waals surface area contributed by atoms with E-state index in [2.05, 4.69) is 9.71 Å². The average Bonchev–Trinajstić information content (AvgIpc) is 2.94. The number of furan rings is 1. The summed E-state index contributed by atoms with van der Waals surface area (Å²) >= 11 is 0. The van der Waals surface area contributed by atoms with Crippen LogP contribution in [0, 0.1) is 13.8 Å². The van der Waals surface area contributed by atoms with Crippen LogP contribution in [0.3, 0.4) is 0 Å². The number of H-pyrrole nitrogens is 1. The van der Waals surface area contributed by atoms with E-state index in [0.29, 0.717) is 0 Å². The Morgan fingerprint density at radius 1 is 1.40 bits per heavy atom. The molecule has 0 saturated carbocycles. The molecule has 0 aliphatic rings. The fourth-order valence-electron chi connectivity index (χ4n) is 1.95. The summed E-state index contributed by atoms with van der Waals surface area (Å²) in [5.74, 6) is -1.21. The third kappa shape index (κ3) is 2.61. The van der Waals surface area contributed by atoms with Crippen molar-refractivity contribution in [1.82, 2.24) is 9.71 Å². The molecule has 0 aliphatic carbocycles. The zero-order valence-corrected chi connectivity index (χ0v) is 11.7. The highest BCUT2D eigenvalue weighted by molar-refractivity contribution is 7.89. The highest BCUT2D eigenvalue weighted by Crippen LogP contribution is 2.26. The van der Waals surface area contributed by atoms with Crippen LogP contribution >= 0.6 is 0 Å². The van der Waals surface area contributed by atoms with E-state index >= 15 is 0 Å². The summed E-state index contributed by atoms with van der Waals surface area (Å²) in [6.07, 6.45) is 3.31. The lowest BCUT2D eigenvalue weighted by Crippen LogP contribution is -2.25. The first kappa shape index (κ1) is 14.4. The molecule has 0 aromatic carbocycles. The first-order valence-corrected chi connectivity index (χ1v) is 7.26. The normalized spacial score (nSPS) is 11.7. The highest BCUT2D eigenvalue weighted by Gasteiger charge is 2.30. The van der Waals surface area contributed by atoms with Crippen molar-refractivity contribution in [2.24, 2.45) is 0 Å². The van der Waals surface area contributed by atoms with Crippen LogP contribution in [0.15, 0.2) is 27.8 Å². The SMILES string of the molecule is Cc1oc(C)c(S(=O)(=O)NCc2cc[nH]c2)c1C(=O)O. The molecule has 3 N–H and O–H groups in total. The van der Waals surface area contributed by atoms with Gasteiger partial charge in [0.2, 0.25) is 10.0 Å². The number of aromatic amines is 1. The van der Waals surface area contributed by atoms with E-state index in [4.69, 9.17) is 9.52 Å². The Morgan fingerprint density at radius 3 is 2.65 bits per heavy atom. The second-order valence-electron chi connectivity index (χ2n) is 4.27. The molecule has 0 amide bonds. The summed E-state index contributed by atoms with van der Waals surface area (Å²) in [6, 6.07) is 1.72. The fraction of sp³-hybridized carbons (Fsp3) is 0.250. The van der Waals surface area contributed by atoms with Crippen LogP contribution in [0.25, 0.3) is 0 Å². The van der Waals surface area contributed by atoms with Gasteiger partial charge in [-0.2, -0.15) is 0 Å². The van der Waals surface area contributed by atoms with Gasteiger partial charge in [-0.15, -0.1) is 0 Å². The van der Waals surface area contributed by atoms with E-state index in [1.54, 1.807) is 18.5 Å². The van der Waals surface area contributed by atoms with Crippen molar-refractivity contribution in [3.8, 4) is 0 Å². The molecule has 0 aliphatic heterocycles. The molecule has 20 heavy (non-hydrogen) atoms. The van der Waals surface area contributed by atoms with E-state index in [-0.39, 0.29) is 28.5 Å². The molecule has 2 heterocycles. The maximum Gasteiger partial charge on any atom is 0.340 e. The number of hydrogen-bond donors (Lipinski definition) is 3. The molecule has 2 aromatic heterocycles. The number of carboxylic acid groups (broad SMARTS) is 1. The number of aromatic nitrogens is 1. The molecule has 0 spiro atoms. The number of hydrogen-bond acceptors (Lipinski definition) is 4. The lowest BCUT2D eigenvalue weighted by Gasteiger charge is -2.06. The van der Waals surface area contributed by atoms with Gasteiger partial charge in [-0.1, -0.05) is 0 Å². The third-order valence-electron chi connectivity index (χ3n) is 2.82. The number of sulfonamides is 1. The first-order valence-electron chi connectivity index (χ1n) is 5.77. The number of carbonyl (C=O) groups is 1. The van der Waals surface area contributed by atoms with Crippen molar-refractivity contribution in [3.05, 3.63) is 41.1 Å². The van der Waals surface area contributed by atoms with Crippen LogP contribution in [0.2, 0.25) is 0 Å². The maximum absolute atomic E-state index is 12.2. The highest BCUT2D eigenvalue weighted by atomic mass is 32.2. The fourth-order valence-corrected chi connectivity index (χ4v) is 3.37. The van der Waals surface area contributed by atoms with Crippen molar-refractivity contribution in [3.63, 3.8) is 0 Å². The number of rotatable bonds is 5. The Balaban J connectivity index is 2.37. The molecule has 108 valence electrons. The van der Waals surface area contributed by atoms with E-state index in [1.807, 2.05) is 0 Å². The molecule has 0 unspecified atom stereocenters. The quantitative estimate of drug-likeness (QED) is 0.772. The zero-order chi connectivity index (χ0) is 14.9. The maximum atomic E-state index is 12.2. The van der Waals surface area contributed by atoms with Crippen molar-refractivity contribution >= 4 is 16.0 Å². The predicted octanol–water partition coefficient (Wildman–Crippen LogP) is 1.40. The minimum atomic E-state index is -3.96. The summed E-state index contributed by atoms with van der Waals surface area (Å²) in [5, 5.41) is 9.12. The lowest BCUT2D eigenvalue weighted by atomic mass is 10.2. The Hall–Kier alpha value is -2.06. The molecule has 2 rings (SSSR count). The van der Waals surface area contributed by atoms with Crippen molar-refractivity contribution in [1.29, 1.82) is 0 Å². The van der Waals surface area contributed by atoms with Gasteiger partial charge in [0.15, 0.2) is 0 Å². The minimum absolute atomic E-state index is 0.0569. The number of aromatic carboxylic acids is 1. The van der Waals surface area contributed by atoms with Gasteiger partial charge in [-0.25, -0.2) is 17.9 Å². The van der Waals surface area contributed by atoms with Gasteiger partial charge in [0.25, 0.3) is 0 Å². The average molecular weight is 298 g/mol. The van der Waals surface area contributed by atoms with E-state index in [1.165, 1.54) is 13.8 Å². The number of aryl methyl sites for hydroxylation is 2. The summed E-state index contributed by atoms with van der Waals surface area (Å²) in [5.41, 5.74) is 0.410. The van der Waals surface area contributed by atoms with Gasteiger partial charge in [0, 0.05) is 18.9 Å². The summed E-state index contributed by atoms with van der Waals surface area (Å²) < 4.78 is 32.0. The van der Waals surface area contributed by atoms with E-state index in [9.17, 15) is 13.2 Å². The smallest absolute Gasteiger partial charge is 0.340 e. The molecule has 0 radical (unpaired) electrons. The van der Waals surface area contributed by atoms with Crippen molar-refractivity contribution < 1.29 is 22.7 Å². The van der Waals surface area contributed by atoms with Crippen LogP contribution in [0.4, 0.5) is 0 Å². The van der Waals surface area contributed by atoms with Gasteiger partial charge in [-0.05, 0) is 25.5 Å². The standard InChI is InChI=1S/C12H14N2O5S/c1-7-10(12(15)16)11(8(2)19-7)20(17,18)14-6-9-3-4-13-5-9/h3-5,13-14H,6H2,1-2H3,(H,15,16). The Kier molecular flexibility index (Phi) is 3.69. The Labute approximate surface area is 115 Å². The van der Waals surface area contributed by atoms with Crippen LogP contribution in [-0.2, 0) is 16.6 Å². The number of carboxylic acids is 1. The molecule has 0 atom stereocenters. The molecule has 0 bridgehead atoms. The van der Waals surface area contributed by atoms with Gasteiger partial charge < -0.3 is 14.5 Å². The molecule has 2 aromatic rings. The first-order chi connectivity index (χ1) is 9.33. The second-order valence-corrected chi connectivity index (χ2v) is 5.97. The van der Waals surface area contributed by atoms with Crippen molar-refractivity contribution in [2.75, 3.05) is 0 Å². The van der Waals surface area contributed by atoms with E-state index < -0.39 is 16.0 Å². The van der Waals surface area contributed by atoms with Crippen LogP contribution in [0.5, 0.6) is 0 Å². The minimum Gasteiger partial charge on any atom is -0.478 e. The van der Waals surface area contributed by atoms with Crippen LogP contribution < -0.4 is 4.72 Å². The van der Waals surface area contributed by atoms with Gasteiger partial charge in [-0.3, -0.25) is 0 Å². The van der Waals surface area contributed by atoms with E-state index in [0.717, 1.165) is 5.56 Å². The topological polar surface area (TPSA) is 112 Å². The molecule has 7 nitrogen and oxygen atoms in total. The largest absolute Gasteiger partial charge is 0.478 e. The molecular formula is C12H14N2O5S.